The van der Waals surface area contributed by atoms with Gasteiger partial charge in [0.05, 0.1) is 7.11 Å². The van der Waals surface area contributed by atoms with Gasteiger partial charge >= 0.3 is 0 Å². The van der Waals surface area contributed by atoms with Crippen molar-refractivity contribution in [3.63, 3.8) is 0 Å². The van der Waals surface area contributed by atoms with Crippen molar-refractivity contribution in [1.29, 1.82) is 0 Å². The summed E-state index contributed by atoms with van der Waals surface area (Å²) < 4.78 is 5.14. The number of methoxy groups -OCH3 is 1. The van der Waals surface area contributed by atoms with Crippen LogP contribution in [0.15, 0.2) is 36.8 Å². The fourth-order valence-electron chi connectivity index (χ4n) is 2.77. The smallest absolute Gasteiger partial charge is 0.226 e. The van der Waals surface area contributed by atoms with Gasteiger partial charge in [-0.25, -0.2) is 4.98 Å². The van der Waals surface area contributed by atoms with E-state index in [0.29, 0.717) is 17.9 Å². The van der Waals surface area contributed by atoms with E-state index in [-0.39, 0.29) is 0 Å². The predicted octanol–water partition coefficient (Wildman–Crippen LogP) is 1.96. The van der Waals surface area contributed by atoms with Crippen LogP contribution in [0.1, 0.15) is 18.4 Å². The Morgan fingerprint density at radius 2 is 2.32 bits per heavy atom. The van der Waals surface area contributed by atoms with Crippen molar-refractivity contribution in [1.82, 2.24) is 19.9 Å². The monoisotopic (exact) mass is 299 g/mol. The maximum absolute atomic E-state index is 5.14. The molecule has 22 heavy (non-hydrogen) atoms. The molecule has 1 aliphatic heterocycles. The van der Waals surface area contributed by atoms with Crippen LogP contribution in [-0.4, -0.2) is 46.1 Å². The Kier molecular flexibility index (Phi) is 4.80. The molecule has 1 aliphatic rings. The minimum atomic E-state index is 0.359. The zero-order valence-corrected chi connectivity index (χ0v) is 12.8. The topological polar surface area (TPSA) is 63.2 Å². The number of pyridine rings is 1. The minimum Gasteiger partial charge on any atom is -0.481 e. The molecule has 6 heteroatoms. The molecule has 0 unspecified atom stereocenters. The first-order valence-electron chi connectivity index (χ1n) is 7.58. The van der Waals surface area contributed by atoms with Gasteiger partial charge in [0.1, 0.15) is 0 Å². The van der Waals surface area contributed by atoms with E-state index in [9.17, 15) is 0 Å². The first kappa shape index (κ1) is 14.7. The van der Waals surface area contributed by atoms with E-state index in [1.807, 2.05) is 18.5 Å². The third-order valence-electron chi connectivity index (χ3n) is 3.81. The second-order valence-corrected chi connectivity index (χ2v) is 5.50. The number of rotatable bonds is 5. The number of likely N-dealkylation sites (tertiary alicyclic amines) is 1. The van der Waals surface area contributed by atoms with Crippen LogP contribution in [0.25, 0.3) is 0 Å². The van der Waals surface area contributed by atoms with Crippen molar-refractivity contribution < 1.29 is 4.74 Å². The van der Waals surface area contributed by atoms with E-state index < -0.39 is 0 Å². The standard InChI is InChI=1S/C16H21N5O/c1-22-15-6-8-18-16(20-15)19-14-5-3-9-21(12-14)11-13-4-2-7-17-10-13/h2,4,6-8,10,14H,3,5,9,11-12H2,1H3,(H,18,19,20)/t14-/m0/s1. The summed E-state index contributed by atoms with van der Waals surface area (Å²) in [6.45, 7) is 3.03. The lowest BCUT2D eigenvalue weighted by molar-refractivity contribution is 0.208. The first-order chi connectivity index (χ1) is 10.8. The Bertz CT molecular complexity index is 592. The van der Waals surface area contributed by atoms with Gasteiger partial charge in [-0.15, -0.1) is 0 Å². The number of hydrogen-bond donors (Lipinski definition) is 1. The van der Waals surface area contributed by atoms with E-state index in [4.69, 9.17) is 4.74 Å². The van der Waals surface area contributed by atoms with Gasteiger partial charge in [-0.05, 0) is 31.0 Å². The summed E-state index contributed by atoms with van der Waals surface area (Å²) in [5, 5.41) is 3.41. The van der Waals surface area contributed by atoms with Gasteiger partial charge in [-0.2, -0.15) is 4.98 Å². The summed E-state index contributed by atoms with van der Waals surface area (Å²) in [6.07, 6.45) is 7.75. The van der Waals surface area contributed by atoms with Crippen molar-refractivity contribution in [3.05, 3.63) is 42.4 Å². The molecule has 6 nitrogen and oxygen atoms in total. The van der Waals surface area contributed by atoms with E-state index in [1.165, 1.54) is 12.0 Å². The molecule has 116 valence electrons. The van der Waals surface area contributed by atoms with Gasteiger partial charge in [-0.3, -0.25) is 9.88 Å². The summed E-state index contributed by atoms with van der Waals surface area (Å²) in [5.74, 6) is 1.22. The summed E-state index contributed by atoms with van der Waals surface area (Å²) in [7, 11) is 1.61. The number of nitrogens with zero attached hydrogens (tertiary/aromatic N) is 4. The molecule has 0 spiro atoms. The highest BCUT2D eigenvalue weighted by Gasteiger charge is 2.20. The maximum atomic E-state index is 5.14. The Balaban J connectivity index is 1.58. The Hall–Kier alpha value is -2.21. The van der Waals surface area contributed by atoms with Crippen LogP contribution in [0, 0.1) is 0 Å². The van der Waals surface area contributed by atoms with Crippen molar-refractivity contribution in [2.45, 2.75) is 25.4 Å². The molecule has 2 aromatic rings. The van der Waals surface area contributed by atoms with Crippen LogP contribution in [0.4, 0.5) is 5.95 Å². The first-order valence-corrected chi connectivity index (χ1v) is 7.58. The van der Waals surface area contributed by atoms with E-state index in [0.717, 1.165) is 26.1 Å². The van der Waals surface area contributed by atoms with Gasteiger partial charge in [0.2, 0.25) is 11.8 Å². The zero-order valence-electron chi connectivity index (χ0n) is 12.8. The average Bonchev–Trinajstić information content (AvgIpc) is 2.56. The number of ether oxygens (including phenoxy) is 1. The van der Waals surface area contributed by atoms with Crippen LogP contribution in [0.5, 0.6) is 5.88 Å². The minimum absolute atomic E-state index is 0.359. The number of aromatic nitrogens is 3. The van der Waals surface area contributed by atoms with E-state index >= 15 is 0 Å². The molecule has 1 N–H and O–H groups in total. The highest BCUT2D eigenvalue weighted by molar-refractivity contribution is 5.29. The number of anilines is 1. The number of nitrogens with one attached hydrogen (secondary N) is 1. The fraction of sp³-hybridized carbons (Fsp3) is 0.438. The maximum Gasteiger partial charge on any atom is 0.226 e. The van der Waals surface area contributed by atoms with Crippen molar-refractivity contribution >= 4 is 5.95 Å². The molecule has 0 aromatic carbocycles. The molecule has 1 fully saturated rings. The Labute approximate surface area is 130 Å². The summed E-state index contributed by atoms with van der Waals surface area (Å²) in [6, 6.07) is 6.22. The lowest BCUT2D eigenvalue weighted by Crippen LogP contribution is -2.41. The van der Waals surface area contributed by atoms with Gasteiger partial charge in [-0.1, -0.05) is 6.07 Å². The molecule has 1 saturated heterocycles. The van der Waals surface area contributed by atoms with Crippen molar-refractivity contribution in [3.8, 4) is 5.88 Å². The Morgan fingerprint density at radius 1 is 1.36 bits per heavy atom. The van der Waals surface area contributed by atoms with Crippen LogP contribution in [0.3, 0.4) is 0 Å². The quantitative estimate of drug-likeness (QED) is 0.910. The average molecular weight is 299 g/mol. The van der Waals surface area contributed by atoms with Gasteiger partial charge < -0.3 is 10.1 Å². The number of hydrogen-bond acceptors (Lipinski definition) is 6. The van der Waals surface area contributed by atoms with Crippen LogP contribution in [-0.2, 0) is 6.54 Å². The van der Waals surface area contributed by atoms with Gasteiger partial charge in [0.25, 0.3) is 0 Å². The number of piperidine rings is 1. The SMILES string of the molecule is COc1ccnc(N[C@H]2CCCN(Cc3cccnc3)C2)n1. The molecule has 3 heterocycles. The summed E-state index contributed by atoms with van der Waals surface area (Å²) in [5.41, 5.74) is 1.25. The summed E-state index contributed by atoms with van der Waals surface area (Å²) in [4.78, 5) is 15.2. The van der Waals surface area contributed by atoms with Gasteiger partial charge in [0.15, 0.2) is 0 Å². The molecule has 0 amide bonds. The van der Waals surface area contributed by atoms with E-state index in [1.54, 1.807) is 19.4 Å². The van der Waals surface area contributed by atoms with Crippen molar-refractivity contribution in [2.24, 2.45) is 0 Å². The summed E-state index contributed by atoms with van der Waals surface area (Å²) >= 11 is 0. The molecule has 0 bridgehead atoms. The molecule has 0 aliphatic carbocycles. The van der Waals surface area contributed by atoms with Gasteiger partial charge in [0, 0.05) is 43.8 Å². The third-order valence-corrected chi connectivity index (χ3v) is 3.81. The van der Waals surface area contributed by atoms with Crippen molar-refractivity contribution in [2.75, 3.05) is 25.5 Å². The molecule has 0 radical (unpaired) electrons. The lowest BCUT2D eigenvalue weighted by Gasteiger charge is -2.33. The lowest BCUT2D eigenvalue weighted by atomic mass is 10.1. The van der Waals surface area contributed by atoms with E-state index in [2.05, 4.69) is 31.2 Å². The molecule has 1 atom stereocenters. The Morgan fingerprint density at radius 3 is 3.14 bits per heavy atom. The third kappa shape index (κ3) is 3.92. The molecular weight excluding hydrogens is 278 g/mol. The predicted molar refractivity (Wildman–Crippen MR) is 84.7 cm³/mol. The fourth-order valence-corrected chi connectivity index (χ4v) is 2.77. The van der Waals surface area contributed by atoms with Crippen LogP contribution >= 0.6 is 0 Å². The van der Waals surface area contributed by atoms with Crippen LogP contribution in [0.2, 0.25) is 0 Å². The zero-order chi connectivity index (χ0) is 15.2. The molecule has 3 rings (SSSR count). The molecular formula is C16H21N5O. The largest absolute Gasteiger partial charge is 0.481 e. The molecule has 0 saturated carbocycles. The normalized spacial score (nSPS) is 18.9. The highest BCUT2D eigenvalue weighted by Crippen LogP contribution is 2.17. The highest BCUT2D eigenvalue weighted by atomic mass is 16.5. The second kappa shape index (κ2) is 7.17. The molecule has 2 aromatic heterocycles. The van der Waals surface area contributed by atoms with Crippen LogP contribution < -0.4 is 10.1 Å². The second-order valence-electron chi connectivity index (χ2n) is 5.50.